The minimum atomic E-state index is -0.190. The summed E-state index contributed by atoms with van der Waals surface area (Å²) < 4.78 is 13.1. The van der Waals surface area contributed by atoms with Gasteiger partial charge in [0.1, 0.15) is 10.8 Å². The molecule has 0 radical (unpaired) electrons. The summed E-state index contributed by atoms with van der Waals surface area (Å²) in [4.78, 5) is 6.80. The molecule has 0 aliphatic heterocycles. The van der Waals surface area contributed by atoms with Crippen LogP contribution in [0.2, 0.25) is 0 Å². The summed E-state index contributed by atoms with van der Waals surface area (Å²) in [6, 6.07) is 7.00. The van der Waals surface area contributed by atoms with Gasteiger partial charge in [-0.05, 0) is 39.1 Å². The molecule has 0 aliphatic carbocycles. The Morgan fingerprint density at radius 2 is 2.26 bits per heavy atom. The second-order valence-electron chi connectivity index (χ2n) is 4.31. The van der Waals surface area contributed by atoms with Crippen LogP contribution in [0.25, 0.3) is 0 Å². The third-order valence-corrected chi connectivity index (χ3v) is 5.39. The molecule has 0 saturated heterocycles. The average Bonchev–Trinajstić information content (AvgIpc) is 2.77. The highest BCUT2D eigenvalue weighted by Gasteiger charge is 2.12. The van der Waals surface area contributed by atoms with Crippen LogP contribution in [0.1, 0.15) is 28.5 Å². The van der Waals surface area contributed by atoms with E-state index < -0.39 is 0 Å². The molecule has 19 heavy (non-hydrogen) atoms. The van der Waals surface area contributed by atoms with Crippen LogP contribution in [-0.2, 0) is 5.75 Å². The van der Waals surface area contributed by atoms with Crippen molar-refractivity contribution < 1.29 is 4.39 Å². The number of nitrogens with one attached hydrogen (secondary N) is 1. The number of nitrogens with zero attached hydrogens (tertiary/aromatic N) is 1. The van der Waals surface area contributed by atoms with Gasteiger partial charge < -0.3 is 5.32 Å². The molecule has 0 bridgehead atoms. The number of halogens is 1. The van der Waals surface area contributed by atoms with Gasteiger partial charge in [0.25, 0.3) is 0 Å². The van der Waals surface area contributed by atoms with Gasteiger partial charge >= 0.3 is 0 Å². The first-order valence-electron chi connectivity index (χ1n) is 6.12. The smallest absolute Gasteiger partial charge is 0.124 e. The van der Waals surface area contributed by atoms with Gasteiger partial charge in [0.15, 0.2) is 0 Å². The third-order valence-electron chi connectivity index (χ3n) is 2.86. The molecule has 1 aromatic carbocycles. The summed E-state index contributed by atoms with van der Waals surface area (Å²) in [7, 11) is 1.95. The van der Waals surface area contributed by atoms with Gasteiger partial charge in [-0.2, -0.15) is 0 Å². The van der Waals surface area contributed by atoms with Crippen molar-refractivity contribution in [3.63, 3.8) is 0 Å². The molecule has 2 aromatic rings. The van der Waals surface area contributed by atoms with Gasteiger partial charge in [0, 0.05) is 15.8 Å². The maximum absolute atomic E-state index is 13.1. The van der Waals surface area contributed by atoms with Gasteiger partial charge in [-0.15, -0.1) is 23.1 Å². The molecule has 1 aromatic heterocycles. The van der Waals surface area contributed by atoms with Gasteiger partial charge in [-0.3, -0.25) is 0 Å². The zero-order chi connectivity index (χ0) is 13.8. The Morgan fingerprint density at radius 3 is 2.95 bits per heavy atom. The number of aromatic nitrogens is 1. The Hall–Kier alpha value is -0.910. The highest BCUT2D eigenvalue weighted by molar-refractivity contribution is 7.98. The molecule has 1 heterocycles. The van der Waals surface area contributed by atoms with E-state index in [1.807, 2.05) is 20.0 Å². The van der Waals surface area contributed by atoms with Crippen molar-refractivity contribution >= 4 is 23.1 Å². The highest BCUT2D eigenvalue weighted by atomic mass is 32.2. The number of rotatable bonds is 5. The Labute approximate surface area is 121 Å². The van der Waals surface area contributed by atoms with Crippen molar-refractivity contribution in [1.82, 2.24) is 10.3 Å². The van der Waals surface area contributed by atoms with Crippen LogP contribution >= 0.6 is 23.1 Å². The summed E-state index contributed by atoms with van der Waals surface area (Å²) >= 11 is 3.34. The van der Waals surface area contributed by atoms with Crippen LogP contribution in [0, 0.1) is 12.7 Å². The van der Waals surface area contributed by atoms with Crippen molar-refractivity contribution in [2.45, 2.75) is 30.5 Å². The van der Waals surface area contributed by atoms with E-state index >= 15 is 0 Å². The summed E-state index contributed by atoms with van der Waals surface area (Å²) in [5.41, 5.74) is 1.08. The summed E-state index contributed by atoms with van der Waals surface area (Å²) in [5.74, 6) is 0.593. The van der Waals surface area contributed by atoms with Crippen LogP contribution in [0.3, 0.4) is 0 Å². The number of benzene rings is 1. The van der Waals surface area contributed by atoms with E-state index in [9.17, 15) is 4.39 Å². The molecular weight excluding hydrogens is 279 g/mol. The van der Waals surface area contributed by atoms with E-state index in [0.717, 1.165) is 21.3 Å². The van der Waals surface area contributed by atoms with E-state index in [2.05, 4.69) is 17.2 Å². The lowest BCUT2D eigenvalue weighted by molar-refractivity contribution is 0.624. The van der Waals surface area contributed by atoms with Crippen LogP contribution in [0.15, 0.2) is 29.2 Å². The first-order chi connectivity index (χ1) is 9.10. The lowest BCUT2D eigenvalue weighted by Gasteiger charge is -2.06. The fourth-order valence-electron chi connectivity index (χ4n) is 1.76. The second kappa shape index (κ2) is 6.50. The van der Waals surface area contributed by atoms with Crippen LogP contribution in [0.4, 0.5) is 4.39 Å². The van der Waals surface area contributed by atoms with Crippen LogP contribution < -0.4 is 5.32 Å². The van der Waals surface area contributed by atoms with Gasteiger partial charge in [0.05, 0.1) is 11.4 Å². The fraction of sp³-hybridized carbons (Fsp3) is 0.357. The van der Waals surface area contributed by atoms with E-state index in [1.165, 1.54) is 10.9 Å². The molecule has 2 nitrogen and oxygen atoms in total. The lowest BCUT2D eigenvalue weighted by atomic mass is 10.2. The monoisotopic (exact) mass is 296 g/mol. The molecule has 0 aliphatic rings. The SMILES string of the molecule is CNC(C)c1sc(CSc2cccc(F)c2)nc1C. The Balaban J connectivity index is 2.04. The van der Waals surface area contributed by atoms with E-state index in [1.54, 1.807) is 35.2 Å². The highest BCUT2D eigenvalue weighted by Crippen LogP contribution is 2.29. The number of thiazole rings is 1. The first-order valence-corrected chi connectivity index (χ1v) is 7.92. The fourth-order valence-corrected chi connectivity index (χ4v) is 3.82. The molecule has 2 rings (SSSR count). The Bertz CT molecular complexity index is 554. The van der Waals surface area contributed by atoms with E-state index in [4.69, 9.17) is 0 Å². The molecule has 1 N–H and O–H groups in total. The number of hydrogen-bond acceptors (Lipinski definition) is 4. The predicted molar refractivity (Wildman–Crippen MR) is 80.3 cm³/mol. The average molecular weight is 296 g/mol. The molecule has 1 atom stereocenters. The van der Waals surface area contributed by atoms with E-state index in [-0.39, 0.29) is 5.82 Å². The Morgan fingerprint density at radius 1 is 1.47 bits per heavy atom. The number of hydrogen-bond donors (Lipinski definition) is 1. The maximum atomic E-state index is 13.1. The van der Waals surface area contributed by atoms with E-state index in [0.29, 0.717) is 6.04 Å². The first kappa shape index (κ1) is 14.5. The minimum Gasteiger partial charge on any atom is -0.312 e. The van der Waals surface area contributed by atoms with Crippen LogP contribution in [0.5, 0.6) is 0 Å². The minimum absolute atomic E-state index is 0.190. The molecular formula is C14H17FN2S2. The van der Waals surface area contributed by atoms with Crippen molar-refractivity contribution in [1.29, 1.82) is 0 Å². The molecule has 0 saturated carbocycles. The second-order valence-corrected chi connectivity index (χ2v) is 6.48. The molecule has 0 fully saturated rings. The zero-order valence-corrected chi connectivity index (χ0v) is 12.9. The van der Waals surface area contributed by atoms with Crippen molar-refractivity contribution in [2.24, 2.45) is 0 Å². The van der Waals surface area contributed by atoms with Crippen molar-refractivity contribution in [3.8, 4) is 0 Å². The predicted octanol–water partition coefficient (Wildman–Crippen LogP) is 4.16. The zero-order valence-electron chi connectivity index (χ0n) is 11.2. The topological polar surface area (TPSA) is 24.9 Å². The van der Waals surface area contributed by atoms with Crippen molar-refractivity contribution in [2.75, 3.05) is 7.05 Å². The molecule has 0 amide bonds. The van der Waals surface area contributed by atoms with Gasteiger partial charge in [-0.25, -0.2) is 9.37 Å². The normalized spacial score (nSPS) is 12.6. The Kier molecular flexibility index (Phi) is 4.96. The quantitative estimate of drug-likeness (QED) is 0.839. The van der Waals surface area contributed by atoms with Gasteiger partial charge in [0.2, 0.25) is 0 Å². The maximum Gasteiger partial charge on any atom is 0.124 e. The molecule has 0 spiro atoms. The summed E-state index contributed by atoms with van der Waals surface area (Å²) in [6.07, 6.45) is 0. The standard InChI is InChI=1S/C14H17FN2S2/c1-9(16-3)14-10(2)17-13(19-14)8-18-12-6-4-5-11(15)7-12/h4-7,9,16H,8H2,1-3H3. The largest absolute Gasteiger partial charge is 0.312 e. The van der Waals surface area contributed by atoms with Crippen LogP contribution in [-0.4, -0.2) is 12.0 Å². The molecule has 5 heteroatoms. The third kappa shape index (κ3) is 3.78. The molecule has 1 unspecified atom stereocenters. The summed E-state index contributed by atoms with van der Waals surface area (Å²) in [5, 5.41) is 4.32. The lowest BCUT2D eigenvalue weighted by Crippen LogP contribution is -2.11. The summed E-state index contributed by atoms with van der Waals surface area (Å²) in [6.45, 7) is 4.17. The molecule has 102 valence electrons. The number of aryl methyl sites for hydroxylation is 1. The van der Waals surface area contributed by atoms with Crippen molar-refractivity contribution in [3.05, 3.63) is 45.7 Å². The van der Waals surface area contributed by atoms with Gasteiger partial charge in [-0.1, -0.05) is 6.07 Å². The number of thioether (sulfide) groups is 1.